The van der Waals surface area contributed by atoms with E-state index in [1.165, 1.54) is 0 Å². The summed E-state index contributed by atoms with van der Waals surface area (Å²) < 4.78 is 16.9. The van der Waals surface area contributed by atoms with E-state index in [0.29, 0.717) is 71.6 Å². The summed E-state index contributed by atoms with van der Waals surface area (Å²) in [6.07, 6.45) is 11.0. The van der Waals surface area contributed by atoms with Crippen molar-refractivity contribution in [3.05, 3.63) is 59.8 Å². The van der Waals surface area contributed by atoms with Crippen molar-refractivity contribution in [2.75, 3.05) is 38.0 Å². The van der Waals surface area contributed by atoms with Gasteiger partial charge in [0.25, 0.3) is 11.8 Å². The van der Waals surface area contributed by atoms with Crippen LogP contribution in [-0.4, -0.2) is 94.2 Å². The smallest absolute Gasteiger partial charge is 0.320 e. The molecule has 4 heterocycles. The number of pyridine rings is 1. The van der Waals surface area contributed by atoms with Crippen LogP contribution in [0.4, 0.5) is 16.6 Å². The van der Waals surface area contributed by atoms with Gasteiger partial charge in [0.2, 0.25) is 17.8 Å². The molecule has 1 saturated heterocycles. The molecular formula is C47H58N8O9. The highest BCUT2D eigenvalue weighted by molar-refractivity contribution is 6.24. The molecule has 17 heteroatoms. The number of hydrogen-bond donors (Lipinski definition) is 4. The lowest BCUT2D eigenvalue weighted by Gasteiger charge is -2.27. The Morgan fingerprint density at radius 2 is 1.52 bits per heavy atom. The number of rotatable bonds is 22. The second-order valence-electron chi connectivity index (χ2n) is 17.0. The maximum atomic E-state index is 13.2. The van der Waals surface area contributed by atoms with Crippen LogP contribution in [0, 0.1) is 0 Å². The molecule has 1 fully saturated rings. The minimum atomic E-state index is -1.02. The molecule has 0 aliphatic carbocycles. The van der Waals surface area contributed by atoms with Gasteiger partial charge >= 0.3 is 6.03 Å². The van der Waals surface area contributed by atoms with Gasteiger partial charge in [0, 0.05) is 54.6 Å². The van der Waals surface area contributed by atoms with E-state index in [0.717, 1.165) is 68.3 Å². The number of aromatic nitrogens is 3. The van der Waals surface area contributed by atoms with Gasteiger partial charge in [-0.15, -0.1) is 0 Å². The second-order valence-corrected chi connectivity index (χ2v) is 17.0. The lowest BCUT2D eigenvalue weighted by atomic mass is 10.0. The summed E-state index contributed by atoms with van der Waals surface area (Å²) >= 11 is 0. The zero-order valence-corrected chi connectivity index (χ0v) is 37.3. The second kappa shape index (κ2) is 21.6. The van der Waals surface area contributed by atoms with E-state index in [1.807, 2.05) is 39.0 Å². The Morgan fingerprint density at radius 1 is 0.828 bits per heavy atom. The maximum absolute atomic E-state index is 13.2. The first-order chi connectivity index (χ1) is 30.7. The number of imide groups is 2. The monoisotopic (exact) mass is 878 g/mol. The molecule has 1 unspecified atom stereocenters. The molecular weight excluding hydrogens is 821 g/mol. The number of urea groups is 1. The predicted molar refractivity (Wildman–Crippen MR) is 241 cm³/mol. The van der Waals surface area contributed by atoms with E-state index < -0.39 is 41.2 Å². The van der Waals surface area contributed by atoms with E-state index in [4.69, 9.17) is 19.2 Å². The van der Waals surface area contributed by atoms with Crippen LogP contribution in [-0.2, 0) is 14.4 Å². The molecule has 4 N–H and O–H groups in total. The molecule has 0 spiro atoms. The van der Waals surface area contributed by atoms with Crippen molar-refractivity contribution in [1.82, 2.24) is 30.5 Å². The Bertz CT molecular complexity index is 2360. The van der Waals surface area contributed by atoms with Gasteiger partial charge in [-0.1, -0.05) is 38.2 Å². The molecule has 0 radical (unpaired) electrons. The van der Waals surface area contributed by atoms with Gasteiger partial charge < -0.3 is 24.8 Å². The normalized spacial score (nSPS) is 14.9. The Hall–Kier alpha value is -6.65. The van der Waals surface area contributed by atoms with Crippen molar-refractivity contribution in [3.63, 3.8) is 0 Å². The minimum absolute atomic E-state index is 0.0597. The summed E-state index contributed by atoms with van der Waals surface area (Å²) in [6, 6.07) is 10.7. The van der Waals surface area contributed by atoms with Crippen molar-refractivity contribution in [1.29, 1.82) is 0 Å². The molecule has 0 bridgehead atoms. The van der Waals surface area contributed by atoms with Crippen LogP contribution in [0.2, 0.25) is 0 Å². The van der Waals surface area contributed by atoms with Crippen LogP contribution in [0.1, 0.15) is 125 Å². The third-order valence-electron chi connectivity index (χ3n) is 10.9. The number of Topliss-reactive ketones (excluding diaryl/α,β-unsaturated/α-hetero) is 1. The standard InChI is InChI=1S/C47H58N8O9/c1-47(2,3)54-46(61)53-41-35(29-24-32(62-4)27-33(25-29)63-5)26-30-28-49-45(52-40(30)51-41)48-22-13-10-12-17-31(56)16-11-8-6-7-9-14-23-64-37-19-15-18-34-39(37)44(60)55(43(34)59)36-20-21-38(57)50-42(36)58/h15,18-19,24-28,36H,6-14,16-17,20-23H2,1-5H3,(H,50,57,58)(H3,48,49,51,52,53,54,61). The molecule has 2 aliphatic heterocycles. The molecule has 2 aromatic carbocycles. The fourth-order valence-corrected chi connectivity index (χ4v) is 7.67. The number of amides is 6. The molecule has 2 aromatic heterocycles. The number of unbranched alkanes of at least 4 members (excludes halogenated alkanes) is 7. The van der Waals surface area contributed by atoms with Crippen molar-refractivity contribution < 1.29 is 43.0 Å². The summed E-state index contributed by atoms with van der Waals surface area (Å²) in [6.45, 7) is 6.68. The molecule has 17 nitrogen and oxygen atoms in total. The predicted octanol–water partition coefficient (Wildman–Crippen LogP) is 7.38. The van der Waals surface area contributed by atoms with Crippen molar-refractivity contribution in [2.45, 2.75) is 116 Å². The summed E-state index contributed by atoms with van der Waals surface area (Å²) in [4.78, 5) is 90.6. The van der Waals surface area contributed by atoms with Crippen molar-refractivity contribution in [3.8, 4) is 28.4 Å². The van der Waals surface area contributed by atoms with Crippen LogP contribution in [0.5, 0.6) is 17.2 Å². The van der Waals surface area contributed by atoms with Crippen LogP contribution >= 0.6 is 0 Å². The number of piperidine rings is 1. The minimum Gasteiger partial charge on any atom is -0.497 e. The third-order valence-corrected chi connectivity index (χ3v) is 10.9. The highest BCUT2D eigenvalue weighted by atomic mass is 16.5. The Balaban J connectivity index is 0.865. The van der Waals surface area contributed by atoms with E-state index in [9.17, 15) is 28.8 Å². The summed E-state index contributed by atoms with van der Waals surface area (Å²) in [7, 11) is 3.15. The average Bonchev–Trinajstić information content (AvgIpc) is 3.51. The van der Waals surface area contributed by atoms with E-state index >= 15 is 0 Å². The zero-order chi connectivity index (χ0) is 45.8. The number of ketones is 1. The van der Waals surface area contributed by atoms with Crippen LogP contribution in [0.25, 0.3) is 22.2 Å². The topological polar surface area (TPSA) is 220 Å². The number of hydrogen-bond acceptors (Lipinski definition) is 13. The SMILES string of the molecule is COc1cc(OC)cc(-c2cc3cnc(NCCCCCC(=O)CCCCCCCCOc4cccc5c4C(=O)N(C4CCC(=O)NC4=O)C5=O)nc3nc2NC(=O)NC(C)(C)C)c1. The molecule has 6 rings (SSSR count). The number of nitrogens with zero attached hydrogens (tertiary/aromatic N) is 4. The highest BCUT2D eigenvalue weighted by Crippen LogP contribution is 2.36. The first-order valence-electron chi connectivity index (χ1n) is 22.0. The highest BCUT2D eigenvalue weighted by Gasteiger charge is 2.46. The molecule has 340 valence electrons. The number of carbonyl (C=O) groups is 6. The van der Waals surface area contributed by atoms with Gasteiger partial charge in [-0.2, -0.15) is 4.98 Å². The van der Waals surface area contributed by atoms with Gasteiger partial charge in [-0.05, 0) is 88.8 Å². The van der Waals surface area contributed by atoms with E-state index in [-0.39, 0.29) is 29.8 Å². The number of nitrogens with one attached hydrogen (secondary N) is 4. The van der Waals surface area contributed by atoms with Crippen molar-refractivity contribution >= 4 is 58.2 Å². The largest absolute Gasteiger partial charge is 0.497 e. The number of fused-ring (bicyclic) bond motifs is 2. The van der Waals surface area contributed by atoms with E-state index in [1.54, 1.807) is 44.7 Å². The first kappa shape index (κ1) is 46.8. The molecule has 0 saturated carbocycles. The van der Waals surface area contributed by atoms with Crippen LogP contribution in [0.3, 0.4) is 0 Å². The molecule has 6 amide bonds. The molecule has 1 atom stereocenters. The Labute approximate surface area is 372 Å². The fraction of sp³-hybridized carbons (Fsp3) is 0.468. The average molecular weight is 879 g/mol. The number of carbonyl (C=O) groups excluding carboxylic acids is 6. The van der Waals surface area contributed by atoms with Crippen LogP contribution in [0.15, 0.2) is 48.7 Å². The number of anilines is 2. The zero-order valence-electron chi connectivity index (χ0n) is 37.3. The van der Waals surface area contributed by atoms with Crippen molar-refractivity contribution in [2.24, 2.45) is 0 Å². The summed E-state index contributed by atoms with van der Waals surface area (Å²) in [5.74, 6) is 0.285. The van der Waals surface area contributed by atoms with Gasteiger partial charge in [-0.3, -0.25) is 39.5 Å². The molecule has 2 aliphatic rings. The number of ether oxygens (including phenoxy) is 3. The fourth-order valence-electron chi connectivity index (χ4n) is 7.67. The third kappa shape index (κ3) is 12.3. The van der Waals surface area contributed by atoms with Gasteiger partial charge in [0.15, 0.2) is 5.65 Å². The van der Waals surface area contributed by atoms with Crippen LogP contribution < -0.4 is 35.5 Å². The summed E-state index contributed by atoms with van der Waals surface area (Å²) in [5.41, 5.74) is 1.67. The number of methoxy groups -OCH3 is 2. The maximum Gasteiger partial charge on any atom is 0.320 e. The van der Waals surface area contributed by atoms with Gasteiger partial charge in [0.1, 0.15) is 34.9 Å². The Kier molecular flexibility index (Phi) is 15.8. The lowest BCUT2D eigenvalue weighted by Crippen LogP contribution is -2.54. The Morgan fingerprint density at radius 3 is 2.20 bits per heavy atom. The first-order valence-corrected chi connectivity index (χ1v) is 22.0. The van der Waals surface area contributed by atoms with Gasteiger partial charge in [0.05, 0.1) is 32.0 Å². The number of benzene rings is 2. The van der Waals surface area contributed by atoms with Gasteiger partial charge in [-0.25, -0.2) is 14.8 Å². The molecule has 64 heavy (non-hydrogen) atoms. The lowest BCUT2D eigenvalue weighted by molar-refractivity contribution is -0.136. The van der Waals surface area contributed by atoms with E-state index in [2.05, 4.69) is 31.2 Å². The summed E-state index contributed by atoms with van der Waals surface area (Å²) in [5, 5.41) is 12.0. The molecule has 4 aromatic rings. The quantitative estimate of drug-likeness (QED) is 0.0448.